The highest BCUT2D eigenvalue weighted by atomic mass is 16.6. The lowest BCUT2D eigenvalue weighted by atomic mass is 10.1. The minimum Gasteiger partial charge on any atom is -0.478 e. The normalized spacial score (nSPS) is 10.2. The van der Waals surface area contributed by atoms with Crippen LogP contribution in [0.2, 0.25) is 0 Å². The predicted octanol–water partition coefficient (Wildman–Crippen LogP) is 5.20. The van der Waals surface area contributed by atoms with Crippen LogP contribution in [0.25, 0.3) is 11.3 Å². The van der Waals surface area contributed by atoms with Crippen LogP contribution >= 0.6 is 0 Å². The maximum atomic E-state index is 11.5. The van der Waals surface area contributed by atoms with Crippen molar-refractivity contribution in [3.05, 3.63) is 123 Å². The second-order valence-electron chi connectivity index (χ2n) is 8.00. The molecule has 0 radical (unpaired) electrons. The average Bonchev–Trinajstić information content (AvgIpc) is 3.28. The number of aromatic carboxylic acids is 3. The Bertz CT molecular complexity index is 1440. The molecule has 0 saturated heterocycles. The van der Waals surface area contributed by atoms with Crippen LogP contribution in [0, 0.1) is 17.0 Å². The van der Waals surface area contributed by atoms with Crippen LogP contribution in [0.15, 0.2) is 85.1 Å². The topological polar surface area (TPSA) is 160 Å². The molecular formula is C27H22N2O8. The van der Waals surface area contributed by atoms with Crippen molar-refractivity contribution in [1.82, 2.24) is 4.57 Å². The number of nitro benzene ring substituents is 1. The SMILES string of the molecule is Cc1cc(C(=O)O)cc(C(=O)O)c1.O=C(O)c1ccn(Cc2cccc([N+](=O)[O-])c2)c1-c1ccccc1. The van der Waals surface area contributed by atoms with Gasteiger partial charge in [-0.2, -0.15) is 0 Å². The molecule has 3 N–H and O–H groups in total. The fourth-order valence-corrected chi connectivity index (χ4v) is 3.69. The third-order valence-corrected chi connectivity index (χ3v) is 5.29. The maximum absolute atomic E-state index is 11.5. The molecule has 1 heterocycles. The van der Waals surface area contributed by atoms with Gasteiger partial charge in [-0.05, 0) is 47.9 Å². The summed E-state index contributed by atoms with van der Waals surface area (Å²) < 4.78 is 1.79. The molecule has 37 heavy (non-hydrogen) atoms. The van der Waals surface area contributed by atoms with Gasteiger partial charge in [-0.15, -0.1) is 0 Å². The Morgan fingerprint density at radius 1 is 0.811 bits per heavy atom. The molecule has 0 saturated carbocycles. The fraction of sp³-hybridized carbons (Fsp3) is 0.0741. The number of carboxylic acids is 3. The van der Waals surface area contributed by atoms with E-state index in [1.54, 1.807) is 35.9 Å². The first-order chi connectivity index (χ1) is 17.6. The highest BCUT2D eigenvalue weighted by Gasteiger charge is 2.17. The van der Waals surface area contributed by atoms with Crippen molar-refractivity contribution >= 4 is 23.6 Å². The van der Waals surface area contributed by atoms with Crippen molar-refractivity contribution in [2.75, 3.05) is 0 Å². The van der Waals surface area contributed by atoms with Gasteiger partial charge in [0.1, 0.15) is 0 Å². The zero-order valence-corrected chi connectivity index (χ0v) is 19.6. The van der Waals surface area contributed by atoms with E-state index in [-0.39, 0.29) is 22.4 Å². The summed E-state index contributed by atoms with van der Waals surface area (Å²) in [7, 11) is 0. The van der Waals surface area contributed by atoms with E-state index in [1.165, 1.54) is 24.3 Å². The summed E-state index contributed by atoms with van der Waals surface area (Å²) in [5.41, 5.74) is 2.92. The molecule has 10 nitrogen and oxygen atoms in total. The molecular weight excluding hydrogens is 480 g/mol. The standard InChI is InChI=1S/C18H14N2O4.C9H8O4/c21-18(22)16-9-10-19(17(16)14-6-2-1-3-7-14)12-13-5-4-8-15(11-13)20(23)24;1-5-2-6(8(10)11)4-7(3-5)9(12)13/h1-11H,12H2,(H,21,22);2-4H,1H3,(H,10,11)(H,12,13). The van der Waals surface area contributed by atoms with Crippen molar-refractivity contribution in [1.29, 1.82) is 0 Å². The lowest BCUT2D eigenvalue weighted by Crippen LogP contribution is -2.04. The van der Waals surface area contributed by atoms with Crippen LogP contribution in [0.4, 0.5) is 5.69 Å². The van der Waals surface area contributed by atoms with Gasteiger partial charge in [0.05, 0.1) is 27.3 Å². The number of rotatable bonds is 7. The summed E-state index contributed by atoms with van der Waals surface area (Å²) in [6.45, 7) is 2.00. The number of carboxylic acid groups (broad SMARTS) is 3. The fourth-order valence-electron chi connectivity index (χ4n) is 3.69. The Morgan fingerprint density at radius 2 is 1.43 bits per heavy atom. The van der Waals surface area contributed by atoms with Crippen molar-refractivity contribution in [2.45, 2.75) is 13.5 Å². The summed E-state index contributed by atoms with van der Waals surface area (Å²) in [5, 5.41) is 37.6. The van der Waals surface area contributed by atoms with E-state index in [1.807, 2.05) is 30.3 Å². The van der Waals surface area contributed by atoms with Gasteiger partial charge in [-0.25, -0.2) is 14.4 Å². The van der Waals surface area contributed by atoms with Crippen LogP contribution < -0.4 is 0 Å². The Morgan fingerprint density at radius 3 is 1.97 bits per heavy atom. The number of hydrogen-bond donors (Lipinski definition) is 3. The molecule has 10 heteroatoms. The second-order valence-corrected chi connectivity index (χ2v) is 8.00. The molecule has 0 aliphatic heterocycles. The van der Waals surface area contributed by atoms with Crippen LogP contribution in [-0.2, 0) is 6.54 Å². The molecule has 4 aromatic rings. The molecule has 3 aromatic carbocycles. The third-order valence-electron chi connectivity index (χ3n) is 5.29. The number of aromatic nitrogens is 1. The van der Waals surface area contributed by atoms with E-state index in [2.05, 4.69) is 0 Å². The molecule has 0 atom stereocenters. The molecule has 0 bridgehead atoms. The Labute approximate surface area is 210 Å². The Balaban J connectivity index is 0.000000248. The first-order valence-corrected chi connectivity index (χ1v) is 10.9. The van der Waals surface area contributed by atoms with Gasteiger partial charge >= 0.3 is 17.9 Å². The highest BCUT2D eigenvalue weighted by molar-refractivity contribution is 5.95. The van der Waals surface area contributed by atoms with E-state index in [4.69, 9.17) is 10.2 Å². The number of non-ortho nitro benzene ring substituents is 1. The summed E-state index contributed by atoms with van der Waals surface area (Å²) in [4.78, 5) is 43.0. The lowest BCUT2D eigenvalue weighted by Gasteiger charge is -2.11. The zero-order valence-electron chi connectivity index (χ0n) is 19.6. The molecule has 4 rings (SSSR count). The molecule has 0 spiro atoms. The highest BCUT2D eigenvalue weighted by Crippen LogP contribution is 2.26. The minimum atomic E-state index is -1.12. The number of nitro groups is 1. The molecule has 0 aliphatic rings. The number of hydrogen-bond acceptors (Lipinski definition) is 5. The van der Waals surface area contributed by atoms with Gasteiger partial charge in [0, 0.05) is 24.9 Å². The molecule has 1 aromatic heterocycles. The van der Waals surface area contributed by atoms with Gasteiger partial charge in [-0.1, -0.05) is 42.5 Å². The van der Waals surface area contributed by atoms with E-state index in [0.29, 0.717) is 17.8 Å². The van der Waals surface area contributed by atoms with Crippen LogP contribution in [0.5, 0.6) is 0 Å². The van der Waals surface area contributed by atoms with Crippen LogP contribution in [0.1, 0.15) is 42.2 Å². The van der Waals surface area contributed by atoms with Gasteiger partial charge in [-0.3, -0.25) is 10.1 Å². The van der Waals surface area contributed by atoms with Crippen LogP contribution in [-0.4, -0.2) is 42.7 Å². The second kappa shape index (κ2) is 11.5. The van der Waals surface area contributed by atoms with E-state index in [0.717, 1.165) is 17.2 Å². The van der Waals surface area contributed by atoms with Gasteiger partial charge in [0.15, 0.2) is 0 Å². The minimum absolute atomic E-state index is 0.00241. The quantitative estimate of drug-likeness (QED) is 0.230. The lowest BCUT2D eigenvalue weighted by molar-refractivity contribution is -0.384. The Hall–Kier alpha value is -5.25. The number of benzene rings is 3. The molecule has 0 fully saturated rings. The number of aryl methyl sites for hydroxylation is 1. The monoisotopic (exact) mass is 502 g/mol. The molecule has 188 valence electrons. The van der Waals surface area contributed by atoms with Gasteiger partial charge in [0.2, 0.25) is 0 Å². The summed E-state index contributed by atoms with van der Waals surface area (Å²) in [6.07, 6.45) is 1.69. The largest absolute Gasteiger partial charge is 0.478 e. The van der Waals surface area contributed by atoms with Gasteiger partial charge < -0.3 is 19.9 Å². The van der Waals surface area contributed by atoms with Crippen molar-refractivity contribution in [3.8, 4) is 11.3 Å². The van der Waals surface area contributed by atoms with Crippen molar-refractivity contribution < 1.29 is 34.6 Å². The Kier molecular flexibility index (Phi) is 8.16. The van der Waals surface area contributed by atoms with Crippen LogP contribution in [0.3, 0.4) is 0 Å². The third kappa shape index (κ3) is 6.67. The van der Waals surface area contributed by atoms with Gasteiger partial charge in [0.25, 0.3) is 5.69 Å². The first-order valence-electron chi connectivity index (χ1n) is 10.9. The van der Waals surface area contributed by atoms with E-state index < -0.39 is 22.8 Å². The molecule has 0 amide bonds. The first kappa shape index (κ1) is 26.4. The van der Waals surface area contributed by atoms with Crippen molar-refractivity contribution in [3.63, 3.8) is 0 Å². The number of nitrogens with zero attached hydrogens (tertiary/aromatic N) is 2. The van der Waals surface area contributed by atoms with E-state index in [9.17, 15) is 29.6 Å². The number of carbonyl (C=O) groups is 3. The molecule has 0 unspecified atom stereocenters. The summed E-state index contributed by atoms with van der Waals surface area (Å²) in [6, 6.07) is 21.1. The van der Waals surface area contributed by atoms with Crippen molar-refractivity contribution in [2.24, 2.45) is 0 Å². The summed E-state index contributed by atoms with van der Waals surface area (Å²) >= 11 is 0. The zero-order chi connectivity index (χ0) is 27.1. The smallest absolute Gasteiger partial charge is 0.337 e. The van der Waals surface area contributed by atoms with E-state index >= 15 is 0 Å². The molecule has 0 aliphatic carbocycles. The maximum Gasteiger partial charge on any atom is 0.337 e. The summed E-state index contributed by atoms with van der Waals surface area (Å²) in [5.74, 6) is -3.25. The average molecular weight is 502 g/mol. The predicted molar refractivity (Wildman–Crippen MR) is 134 cm³/mol.